The Kier molecular flexibility index (Phi) is 4.45. The number of ketones is 1. The van der Waals surface area contributed by atoms with Crippen molar-refractivity contribution in [2.24, 2.45) is 0 Å². The molecule has 0 aliphatic carbocycles. The lowest BCUT2D eigenvalue weighted by molar-refractivity contribution is 0.0982. The summed E-state index contributed by atoms with van der Waals surface area (Å²) in [4.78, 5) is 16.3. The lowest BCUT2D eigenvalue weighted by atomic mass is 9.99. The largest absolute Gasteiger partial charge is 0.294 e. The molecule has 1 aromatic heterocycles. The monoisotopic (exact) mass is 253 g/mol. The van der Waals surface area contributed by atoms with Gasteiger partial charge in [-0.15, -0.1) is 0 Å². The number of aryl methyl sites for hydroxylation is 1. The lowest BCUT2D eigenvalue weighted by Crippen LogP contribution is -2.02. The molecular weight excluding hydrogens is 234 g/mol. The van der Waals surface area contributed by atoms with Crippen molar-refractivity contribution >= 4 is 5.78 Å². The van der Waals surface area contributed by atoms with Gasteiger partial charge in [0.25, 0.3) is 0 Å². The van der Waals surface area contributed by atoms with E-state index in [1.54, 1.807) is 6.20 Å². The second-order valence-corrected chi connectivity index (χ2v) is 5.02. The third-order valence-electron chi connectivity index (χ3n) is 3.23. The van der Waals surface area contributed by atoms with Crippen LogP contribution in [0.15, 0.2) is 48.7 Å². The van der Waals surface area contributed by atoms with Gasteiger partial charge in [-0.25, -0.2) is 0 Å². The van der Waals surface area contributed by atoms with Crippen LogP contribution in [0.3, 0.4) is 0 Å². The maximum absolute atomic E-state index is 12.1. The van der Waals surface area contributed by atoms with Crippen LogP contribution in [0.25, 0.3) is 0 Å². The van der Waals surface area contributed by atoms with Crippen molar-refractivity contribution < 1.29 is 4.79 Å². The molecule has 2 rings (SSSR count). The Balaban J connectivity index is 1.96. The van der Waals surface area contributed by atoms with E-state index in [2.05, 4.69) is 18.8 Å². The van der Waals surface area contributed by atoms with E-state index in [1.807, 2.05) is 42.5 Å². The molecule has 0 aliphatic rings. The number of hydrogen-bond donors (Lipinski definition) is 0. The van der Waals surface area contributed by atoms with Crippen LogP contribution in [-0.4, -0.2) is 10.8 Å². The van der Waals surface area contributed by atoms with E-state index >= 15 is 0 Å². The summed E-state index contributed by atoms with van der Waals surface area (Å²) in [6.07, 6.45) is 2.97. The molecule has 0 bridgehead atoms. The standard InChI is InChI=1S/C17H19NO/c1-13(2)14-6-8-15(9-7-14)17(19)11-10-16-5-3-4-12-18-16/h3-9,12-13H,10-11H2,1-2H3. The normalized spacial score (nSPS) is 10.7. The van der Waals surface area contributed by atoms with E-state index in [-0.39, 0.29) is 5.78 Å². The van der Waals surface area contributed by atoms with Crippen LogP contribution >= 0.6 is 0 Å². The van der Waals surface area contributed by atoms with E-state index in [0.29, 0.717) is 18.8 Å². The first-order valence-corrected chi connectivity index (χ1v) is 6.70. The molecule has 1 heterocycles. The number of nitrogens with zero attached hydrogens (tertiary/aromatic N) is 1. The molecule has 0 unspecified atom stereocenters. The van der Waals surface area contributed by atoms with Crippen LogP contribution < -0.4 is 0 Å². The van der Waals surface area contributed by atoms with Gasteiger partial charge in [0.05, 0.1) is 0 Å². The molecule has 0 fully saturated rings. The van der Waals surface area contributed by atoms with Gasteiger partial charge in [0, 0.05) is 23.9 Å². The number of aromatic nitrogens is 1. The Morgan fingerprint density at radius 3 is 2.42 bits per heavy atom. The zero-order chi connectivity index (χ0) is 13.7. The molecule has 19 heavy (non-hydrogen) atoms. The van der Waals surface area contributed by atoms with E-state index < -0.39 is 0 Å². The fraction of sp³-hybridized carbons (Fsp3) is 0.294. The minimum Gasteiger partial charge on any atom is -0.294 e. The van der Waals surface area contributed by atoms with Crippen molar-refractivity contribution in [1.82, 2.24) is 4.98 Å². The smallest absolute Gasteiger partial charge is 0.163 e. The minimum atomic E-state index is 0.181. The molecule has 2 aromatic rings. The van der Waals surface area contributed by atoms with Crippen molar-refractivity contribution in [1.29, 1.82) is 0 Å². The Hall–Kier alpha value is -1.96. The highest BCUT2D eigenvalue weighted by Gasteiger charge is 2.07. The maximum Gasteiger partial charge on any atom is 0.163 e. The molecule has 0 radical (unpaired) electrons. The summed E-state index contributed by atoms with van der Waals surface area (Å²) in [5.74, 6) is 0.679. The second kappa shape index (κ2) is 6.28. The van der Waals surface area contributed by atoms with Crippen molar-refractivity contribution in [2.45, 2.75) is 32.6 Å². The molecule has 0 N–H and O–H groups in total. The van der Waals surface area contributed by atoms with Gasteiger partial charge in [-0.2, -0.15) is 0 Å². The van der Waals surface area contributed by atoms with Gasteiger partial charge in [0.2, 0.25) is 0 Å². The van der Waals surface area contributed by atoms with Gasteiger partial charge in [-0.3, -0.25) is 9.78 Å². The quantitative estimate of drug-likeness (QED) is 0.753. The predicted octanol–water partition coefficient (Wildman–Crippen LogP) is 4.02. The molecule has 0 aliphatic heterocycles. The van der Waals surface area contributed by atoms with Crippen LogP contribution in [0.1, 0.15) is 47.8 Å². The number of Topliss-reactive ketones (excluding diaryl/α,β-unsaturated/α-hetero) is 1. The number of pyridine rings is 1. The summed E-state index contributed by atoms with van der Waals surface area (Å²) in [6.45, 7) is 4.30. The first-order chi connectivity index (χ1) is 9.16. The van der Waals surface area contributed by atoms with Crippen LogP contribution in [0.2, 0.25) is 0 Å². The summed E-state index contributed by atoms with van der Waals surface area (Å²) in [7, 11) is 0. The summed E-state index contributed by atoms with van der Waals surface area (Å²) in [5, 5.41) is 0. The van der Waals surface area contributed by atoms with Gasteiger partial charge < -0.3 is 0 Å². The minimum absolute atomic E-state index is 0.181. The average Bonchev–Trinajstić information content (AvgIpc) is 2.46. The predicted molar refractivity (Wildman–Crippen MR) is 77.4 cm³/mol. The highest BCUT2D eigenvalue weighted by molar-refractivity contribution is 5.96. The van der Waals surface area contributed by atoms with Gasteiger partial charge in [0.1, 0.15) is 0 Å². The summed E-state index contributed by atoms with van der Waals surface area (Å²) < 4.78 is 0. The third-order valence-corrected chi connectivity index (χ3v) is 3.23. The van der Waals surface area contributed by atoms with Crippen LogP contribution in [0.4, 0.5) is 0 Å². The summed E-state index contributed by atoms with van der Waals surface area (Å²) in [6, 6.07) is 13.7. The van der Waals surface area contributed by atoms with Crippen molar-refractivity contribution in [3.05, 3.63) is 65.5 Å². The molecule has 0 saturated carbocycles. The molecule has 1 aromatic carbocycles. The lowest BCUT2D eigenvalue weighted by Gasteiger charge is -2.06. The number of hydrogen-bond acceptors (Lipinski definition) is 2. The first-order valence-electron chi connectivity index (χ1n) is 6.70. The zero-order valence-corrected chi connectivity index (χ0v) is 11.5. The number of benzene rings is 1. The van der Waals surface area contributed by atoms with Gasteiger partial charge >= 0.3 is 0 Å². The molecular formula is C17H19NO. The second-order valence-electron chi connectivity index (χ2n) is 5.02. The fourth-order valence-corrected chi connectivity index (χ4v) is 1.99. The third kappa shape index (κ3) is 3.75. The van der Waals surface area contributed by atoms with Crippen molar-refractivity contribution in [3.8, 4) is 0 Å². The molecule has 2 nitrogen and oxygen atoms in total. The topological polar surface area (TPSA) is 30.0 Å². The van der Waals surface area contributed by atoms with Gasteiger partial charge in [-0.1, -0.05) is 44.2 Å². The van der Waals surface area contributed by atoms with Gasteiger partial charge in [-0.05, 0) is 30.0 Å². The molecule has 98 valence electrons. The van der Waals surface area contributed by atoms with Crippen molar-refractivity contribution in [2.75, 3.05) is 0 Å². The Morgan fingerprint density at radius 1 is 1.11 bits per heavy atom. The highest BCUT2D eigenvalue weighted by Crippen LogP contribution is 2.16. The van der Waals surface area contributed by atoms with Crippen LogP contribution in [-0.2, 0) is 6.42 Å². The Morgan fingerprint density at radius 2 is 1.84 bits per heavy atom. The Bertz CT molecular complexity index is 529. The average molecular weight is 253 g/mol. The zero-order valence-electron chi connectivity index (χ0n) is 11.5. The van der Waals surface area contributed by atoms with E-state index in [9.17, 15) is 4.79 Å². The number of carbonyl (C=O) groups is 1. The van der Waals surface area contributed by atoms with E-state index in [0.717, 1.165) is 11.3 Å². The molecule has 0 amide bonds. The molecule has 2 heteroatoms. The van der Waals surface area contributed by atoms with Crippen LogP contribution in [0, 0.1) is 0 Å². The number of rotatable bonds is 5. The van der Waals surface area contributed by atoms with Crippen LogP contribution in [0.5, 0.6) is 0 Å². The SMILES string of the molecule is CC(C)c1ccc(C(=O)CCc2ccccn2)cc1. The van der Waals surface area contributed by atoms with Crippen molar-refractivity contribution in [3.63, 3.8) is 0 Å². The van der Waals surface area contributed by atoms with E-state index in [4.69, 9.17) is 0 Å². The fourth-order valence-electron chi connectivity index (χ4n) is 1.99. The molecule has 0 spiro atoms. The highest BCUT2D eigenvalue weighted by atomic mass is 16.1. The Labute approximate surface area is 114 Å². The van der Waals surface area contributed by atoms with E-state index in [1.165, 1.54) is 5.56 Å². The summed E-state index contributed by atoms with van der Waals surface area (Å²) in [5.41, 5.74) is 3.02. The maximum atomic E-state index is 12.1. The molecule has 0 saturated heterocycles. The van der Waals surface area contributed by atoms with Gasteiger partial charge in [0.15, 0.2) is 5.78 Å². The molecule has 0 atom stereocenters. The number of carbonyl (C=O) groups excluding carboxylic acids is 1. The first kappa shape index (κ1) is 13.5. The summed E-state index contributed by atoms with van der Waals surface area (Å²) >= 11 is 0.